The molecule has 3 rings (SSSR count). The number of amides is 1. The molecule has 23 heavy (non-hydrogen) atoms. The minimum Gasteiger partial charge on any atom is -0.497 e. The summed E-state index contributed by atoms with van der Waals surface area (Å²) in [5.74, 6) is 2.27. The maximum Gasteiger partial charge on any atom is 0.271 e. The summed E-state index contributed by atoms with van der Waals surface area (Å²) in [4.78, 5) is 16.5. The van der Waals surface area contributed by atoms with E-state index < -0.39 is 0 Å². The number of ether oxygens (including phenoxy) is 1. The summed E-state index contributed by atoms with van der Waals surface area (Å²) in [5, 5.41) is 2.88. The fraction of sp³-hybridized carbons (Fsp3) is 0.444. The zero-order valence-corrected chi connectivity index (χ0v) is 13.7. The van der Waals surface area contributed by atoms with Crippen molar-refractivity contribution in [3.05, 3.63) is 47.5 Å². The van der Waals surface area contributed by atoms with Crippen LogP contribution in [0.1, 0.15) is 47.6 Å². The number of hydrogen-bond donors (Lipinski definition) is 1. The van der Waals surface area contributed by atoms with Crippen LogP contribution >= 0.6 is 0 Å². The molecule has 2 aromatic rings. The first kappa shape index (κ1) is 15.6. The summed E-state index contributed by atoms with van der Waals surface area (Å²) in [6.45, 7) is 3.60. The number of rotatable bonds is 5. The van der Waals surface area contributed by atoms with E-state index in [4.69, 9.17) is 4.74 Å². The van der Waals surface area contributed by atoms with Crippen molar-refractivity contribution in [1.82, 2.24) is 14.9 Å². The molecule has 0 saturated carbocycles. The van der Waals surface area contributed by atoms with Crippen LogP contribution in [-0.4, -0.2) is 29.1 Å². The summed E-state index contributed by atoms with van der Waals surface area (Å²) in [6.07, 6.45) is 4.77. The molecule has 1 aliphatic heterocycles. The van der Waals surface area contributed by atoms with Gasteiger partial charge in [-0.15, -0.1) is 0 Å². The molecule has 0 bridgehead atoms. The molecule has 1 N–H and O–H groups in total. The lowest BCUT2D eigenvalue weighted by molar-refractivity contribution is 0.0949. The molecule has 0 saturated heterocycles. The third-order valence-electron chi connectivity index (χ3n) is 4.35. The number of carbonyl (C=O) groups is 1. The van der Waals surface area contributed by atoms with Crippen LogP contribution in [0.4, 0.5) is 0 Å². The lowest BCUT2D eigenvalue weighted by Gasteiger charge is -2.24. The molecule has 1 aromatic carbocycles. The van der Waals surface area contributed by atoms with Crippen LogP contribution in [0, 0.1) is 0 Å². The highest BCUT2D eigenvalue weighted by Gasteiger charge is 2.23. The smallest absolute Gasteiger partial charge is 0.271 e. The van der Waals surface area contributed by atoms with Gasteiger partial charge in [0, 0.05) is 31.6 Å². The van der Waals surface area contributed by atoms with E-state index in [-0.39, 0.29) is 5.91 Å². The van der Waals surface area contributed by atoms with Gasteiger partial charge in [0.25, 0.3) is 5.91 Å². The summed E-state index contributed by atoms with van der Waals surface area (Å²) in [5.41, 5.74) is 1.84. The number of imidazole rings is 1. The van der Waals surface area contributed by atoms with E-state index in [1.54, 1.807) is 7.11 Å². The third-order valence-corrected chi connectivity index (χ3v) is 4.35. The summed E-state index contributed by atoms with van der Waals surface area (Å²) in [7, 11) is 1.68. The second-order valence-electron chi connectivity index (χ2n) is 5.96. The van der Waals surface area contributed by atoms with Crippen molar-refractivity contribution in [3.8, 4) is 5.75 Å². The highest BCUT2D eigenvalue weighted by molar-refractivity contribution is 5.92. The number of fused-ring (bicyclic) bond motifs is 1. The molecule has 2 heterocycles. The number of nitrogens with one attached hydrogen (secondary N) is 1. The number of carbonyl (C=O) groups excluding carboxylic acids is 1. The van der Waals surface area contributed by atoms with Crippen LogP contribution in [-0.2, 0) is 13.0 Å². The number of nitrogens with zero attached hydrogens (tertiary/aromatic N) is 2. The molecule has 1 unspecified atom stereocenters. The van der Waals surface area contributed by atoms with Crippen LogP contribution < -0.4 is 10.1 Å². The van der Waals surface area contributed by atoms with Gasteiger partial charge in [-0.25, -0.2) is 4.98 Å². The Balaban J connectivity index is 1.72. The molecule has 1 aromatic heterocycles. The average Bonchev–Trinajstić information content (AvgIpc) is 3.03. The predicted molar refractivity (Wildman–Crippen MR) is 88.9 cm³/mol. The van der Waals surface area contributed by atoms with Crippen molar-refractivity contribution in [2.45, 2.75) is 38.6 Å². The molecule has 0 fully saturated rings. The van der Waals surface area contributed by atoms with Crippen molar-refractivity contribution >= 4 is 5.91 Å². The Kier molecular flexibility index (Phi) is 4.65. The highest BCUT2D eigenvalue weighted by atomic mass is 16.5. The Morgan fingerprint density at radius 2 is 2.17 bits per heavy atom. The molecule has 1 atom stereocenters. The summed E-state index contributed by atoms with van der Waals surface area (Å²) >= 11 is 0. The molecule has 0 aliphatic carbocycles. The maximum atomic E-state index is 12.0. The van der Waals surface area contributed by atoms with Gasteiger partial charge in [-0.1, -0.05) is 19.1 Å². The Morgan fingerprint density at radius 1 is 1.39 bits per heavy atom. The van der Waals surface area contributed by atoms with Crippen molar-refractivity contribution < 1.29 is 9.53 Å². The predicted octanol–water partition coefficient (Wildman–Crippen LogP) is 2.76. The van der Waals surface area contributed by atoms with Gasteiger partial charge in [0.05, 0.1) is 7.11 Å². The van der Waals surface area contributed by atoms with E-state index in [1.807, 2.05) is 25.3 Å². The van der Waals surface area contributed by atoms with E-state index in [2.05, 4.69) is 27.0 Å². The SMILES string of the molecule is CCCNC(=O)c1cn2c(n1)CCC(c1ccc(OC)cc1)C2. The lowest BCUT2D eigenvalue weighted by Crippen LogP contribution is -2.24. The van der Waals surface area contributed by atoms with E-state index in [0.717, 1.165) is 37.4 Å². The standard InChI is InChI=1S/C18H23N3O2/c1-3-10-19-18(22)16-12-21-11-14(6-9-17(21)20-16)13-4-7-15(23-2)8-5-13/h4-5,7-8,12,14H,3,6,9-11H2,1-2H3,(H,19,22). The Morgan fingerprint density at radius 3 is 2.87 bits per heavy atom. The Hall–Kier alpha value is -2.30. The normalized spacial score (nSPS) is 16.7. The molecule has 5 heteroatoms. The van der Waals surface area contributed by atoms with Gasteiger partial charge in [-0.3, -0.25) is 4.79 Å². The van der Waals surface area contributed by atoms with Gasteiger partial charge in [-0.05, 0) is 30.5 Å². The van der Waals surface area contributed by atoms with E-state index in [1.165, 1.54) is 5.56 Å². The number of aryl methyl sites for hydroxylation is 1. The van der Waals surface area contributed by atoms with Crippen molar-refractivity contribution in [2.24, 2.45) is 0 Å². The summed E-state index contributed by atoms with van der Waals surface area (Å²) < 4.78 is 7.34. The highest BCUT2D eigenvalue weighted by Crippen LogP contribution is 2.29. The molecule has 0 radical (unpaired) electrons. The van der Waals surface area contributed by atoms with Crippen LogP contribution in [0.5, 0.6) is 5.75 Å². The quantitative estimate of drug-likeness (QED) is 0.923. The fourth-order valence-corrected chi connectivity index (χ4v) is 3.03. The monoisotopic (exact) mass is 313 g/mol. The first-order valence-corrected chi connectivity index (χ1v) is 8.19. The van der Waals surface area contributed by atoms with Gasteiger partial charge in [0.15, 0.2) is 0 Å². The molecular formula is C18H23N3O2. The third kappa shape index (κ3) is 3.38. The molecule has 1 amide bonds. The summed E-state index contributed by atoms with van der Waals surface area (Å²) in [6, 6.07) is 8.26. The van der Waals surface area contributed by atoms with E-state index in [9.17, 15) is 4.79 Å². The van der Waals surface area contributed by atoms with Crippen molar-refractivity contribution in [2.75, 3.05) is 13.7 Å². The number of aromatic nitrogens is 2. The maximum absolute atomic E-state index is 12.0. The lowest BCUT2D eigenvalue weighted by atomic mass is 9.91. The van der Waals surface area contributed by atoms with Crippen LogP contribution in [0.15, 0.2) is 30.5 Å². The van der Waals surface area contributed by atoms with Crippen LogP contribution in [0.2, 0.25) is 0 Å². The van der Waals surface area contributed by atoms with Gasteiger partial charge < -0.3 is 14.6 Å². The van der Waals surface area contributed by atoms with Gasteiger partial charge in [0.1, 0.15) is 17.3 Å². The second-order valence-corrected chi connectivity index (χ2v) is 5.96. The topological polar surface area (TPSA) is 56.2 Å². The van der Waals surface area contributed by atoms with E-state index >= 15 is 0 Å². The molecule has 0 spiro atoms. The number of methoxy groups -OCH3 is 1. The number of hydrogen-bond acceptors (Lipinski definition) is 3. The van der Waals surface area contributed by atoms with Gasteiger partial charge in [0.2, 0.25) is 0 Å². The molecule has 1 aliphatic rings. The van der Waals surface area contributed by atoms with Crippen molar-refractivity contribution in [3.63, 3.8) is 0 Å². The van der Waals surface area contributed by atoms with E-state index in [0.29, 0.717) is 18.2 Å². The second kappa shape index (κ2) is 6.86. The first-order valence-electron chi connectivity index (χ1n) is 8.19. The molecular weight excluding hydrogens is 290 g/mol. The minimum atomic E-state index is -0.0743. The first-order chi connectivity index (χ1) is 11.2. The minimum absolute atomic E-state index is 0.0743. The van der Waals surface area contributed by atoms with Gasteiger partial charge in [-0.2, -0.15) is 0 Å². The average molecular weight is 313 g/mol. The molecule has 122 valence electrons. The largest absolute Gasteiger partial charge is 0.497 e. The Bertz CT molecular complexity index is 676. The van der Waals surface area contributed by atoms with Crippen molar-refractivity contribution in [1.29, 1.82) is 0 Å². The fourth-order valence-electron chi connectivity index (χ4n) is 3.03. The van der Waals surface area contributed by atoms with Crippen LogP contribution in [0.3, 0.4) is 0 Å². The van der Waals surface area contributed by atoms with Gasteiger partial charge >= 0.3 is 0 Å². The number of benzene rings is 1. The Labute approximate surface area is 136 Å². The molecule has 5 nitrogen and oxygen atoms in total. The zero-order chi connectivity index (χ0) is 16.2. The zero-order valence-electron chi connectivity index (χ0n) is 13.7. The van der Waals surface area contributed by atoms with Crippen LogP contribution in [0.25, 0.3) is 0 Å².